The molecule has 15 nitrogen and oxygen atoms in total. The molecule has 0 spiro atoms. The summed E-state index contributed by atoms with van der Waals surface area (Å²) in [5.41, 5.74) is 8.35. The third-order valence-electron chi connectivity index (χ3n) is 11.3. The Bertz CT molecular complexity index is 2060. The first-order valence-electron chi connectivity index (χ1n) is 19.5. The summed E-state index contributed by atoms with van der Waals surface area (Å²) in [5.74, 6) is -2.17. The molecular formula is C38H53N9O6S2. The van der Waals surface area contributed by atoms with Crippen LogP contribution in [0.2, 0.25) is 0 Å². The van der Waals surface area contributed by atoms with Gasteiger partial charge in [-0.15, -0.1) is 11.3 Å². The van der Waals surface area contributed by atoms with Gasteiger partial charge in [-0.3, -0.25) is 19.0 Å². The third kappa shape index (κ3) is 7.98. The molecule has 2 aromatic heterocycles. The van der Waals surface area contributed by atoms with Gasteiger partial charge in [0.05, 0.1) is 23.8 Å². The zero-order chi connectivity index (χ0) is 39.1. The van der Waals surface area contributed by atoms with Crippen molar-refractivity contribution in [3.05, 3.63) is 35.7 Å². The monoisotopic (exact) mass is 795 g/mol. The van der Waals surface area contributed by atoms with Crippen LogP contribution in [-0.2, 0) is 24.6 Å². The topological polar surface area (TPSA) is 185 Å². The van der Waals surface area contributed by atoms with Gasteiger partial charge >= 0.3 is 10.2 Å². The average molecular weight is 796 g/mol. The smallest absolute Gasteiger partial charge is 0.303 e. The van der Waals surface area contributed by atoms with Gasteiger partial charge in [-0.05, 0) is 64.9 Å². The van der Waals surface area contributed by atoms with Gasteiger partial charge < -0.3 is 25.6 Å². The van der Waals surface area contributed by atoms with E-state index in [1.54, 1.807) is 11.3 Å². The van der Waals surface area contributed by atoms with E-state index in [9.17, 15) is 22.8 Å². The maximum Gasteiger partial charge on any atom is 0.303 e. The quantitative estimate of drug-likeness (QED) is 0.284. The van der Waals surface area contributed by atoms with Crippen LogP contribution in [0.4, 0.5) is 5.13 Å². The highest BCUT2D eigenvalue weighted by Gasteiger charge is 2.61. The van der Waals surface area contributed by atoms with E-state index in [4.69, 9.17) is 20.4 Å². The Labute approximate surface area is 326 Å². The van der Waals surface area contributed by atoms with Crippen molar-refractivity contribution in [2.24, 2.45) is 11.7 Å². The number of nitrogens with zero attached hydrogens (tertiary/aromatic N) is 6. The summed E-state index contributed by atoms with van der Waals surface area (Å²) in [6, 6.07) is 4.53. The highest BCUT2D eigenvalue weighted by Crippen LogP contribution is 2.46. The van der Waals surface area contributed by atoms with Gasteiger partial charge in [-0.1, -0.05) is 37.1 Å². The number of imidazole rings is 1. The van der Waals surface area contributed by atoms with Crippen LogP contribution in [0, 0.1) is 5.92 Å². The Balaban J connectivity index is 1.18. The highest BCUT2D eigenvalue weighted by atomic mass is 32.2. The molecule has 5 atom stereocenters. The van der Waals surface area contributed by atoms with Crippen LogP contribution in [0.25, 0.3) is 22.3 Å². The van der Waals surface area contributed by atoms with Crippen molar-refractivity contribution in [2.45, 2.75) is 108 Å². The number of hydrogen-bond donors (Lipinski definition) is 3. The molecule has 1 aromatic carbocycles. The van der Waals surface area contributed by atoms with Crippen molar-refractivity contribution in [3.63, 3.8) is 0 Å². The zero-order valence-electron chi connectivity index (χ0n) is 32.1. The molecule has 4 N–H and O–H groups in total. The van der Waals surface area contributed by atoms with Crippen LogP contribution in [0.1, 0.15) is 84.1 Å². The average Bonchev–Trinajstić information content (AvgIpc) is 3.50. The van der Waals surface area contributed by atoms with Gasteiger partial charge in [-0.25, -0.2) is 9.71 Å². The van der Waals surface area contributed by atoms with Crippen LogP contribution in [0.3, 0.4) is 0 Å². The molecule has 55 heavy (non-hydrogen) atoms. The van der Waals surface area contributed by atoms with Gasteiger partial charge in [0.15, 0.2) is 5.13 Å². The molecule has 0 radical (unpaired) electrons. The Hall–Kier alpha value is -4.06. The lowest BCUT2D eigenvalue weighted by molar-refractivity contribution is -0.140. The van der Waals surface area contributed by atoms with Crippen LogP contribution in [-0.4, -0.2) is 107 Å². The molecule has 1 saturated carbocycles. The molecule has 3 aliphatic heterocycles. The van der Waals surface area contributed by atoms with Crippen LogP contribution < -0.4 is 25.4 Å². The summed E-state index contributed by atoms with van der Waals surface area (Å²) in [6.45, 7) is 6.20. The Morgan fingerprint density at radius 1 is 1.11 bits per heavy atom. The van der Waals surface area contributed by atoms with Gasteiger partial charge in [0, 0.05) is 56.5 Å². The molecule has 4 aliphatic rings. The third-order valence-corrected chi connectivity index (χ3v) is 13.6. The molecule has 3 aromatic rings. The predicted molar refractivity (Wildman–Crippen MR) is 212 cm³/mol. The van der Waals surface area contributed by atoms with Crippen molar-refractivity contribution in [1.82, 2.24) is 33.8 Å². The fourth-order valence-electron chi connectivity index (χ4n) is 8.01. The molecule has 1 aliphatic carbocycles. The number of allylic oxidation sites excluding steroid dienone is 1. The number of rotatable bonds is 8. The number of piperidine rings is 1. The summed E-state index contributed by atoms with van der Waals surface area (Å²) >= 11 is 1.64. The van der Waals surface area contributed by atoms with Crippen molar-refractivity contribution in [2.75, 3.05) is 38.6 Å². The van der Waals surface area contributed by atoms with E-state index >= 15 is 0 Å². The standard InChI is InChI=1S/C38H53N9O6S2/c1-24(2)47-30-17-13-15-27(29-23-54-37(40-29)45-18-11-8-12-19-45)32(30)41-36(47)53-26-20-31-33(48)42-38(35(50)43-55(51,52)44(3)4)21-25(38)14-9-6-5-7-10-16-28(39)34(49)46(31)22-26/h9,13-15,17,23-26,28,31H,5-8,10-12,16,18-22,39H2,1-4H3,(H,42,48)(H,43,50)/b14-9-/t25-,26-,28+,31+,38-/m1/s1. The Morgan fingerprint density at radius 3 is 2.62 bits per heavy atom. The Kier molecular flexibility index (Phi) is 11.3. The van der Waals surface area contributed by atoms with Gasteiger partial charge in [0.1, 0.15) is 23.2 Å². The fraction of sp³-hybridized carbons (Fsp3) is 0.605. The lowest BCUT2D eigenvalue weighted by Crippen LogP contribution is -2.58. The van der Waals surface area contributed by atoms with E-state index in [0.29, 0.717) is 12.4 Å². The number of hydrogen-bond acceptors (Lipinski definition) is 11. The van der Waals surface area contributed by atoms with Crippen molar-refractivity contribution < 1.29 is 27.5 Å². The number of anilines is 1. The van der Waals surface area contributed by atoms with E-state index in [1.807, 2.05) is 48.8 Å². The molecule has 2 saturated heterocycles. The fourth-order valence-corrected chi connectivity index (χ4v) is 9.49. The molecule has 0 bridgehead atoms. The first kappa shape index (κ1) is 39.2. The number of benzene rings is 1. The maximum absolute atomic E-state index is 14.3. The Morgan fingerprint density at radius 2 is 1.87 bits per heavy atom. The second-order valence-corrected chi connectivity index (χ2v) is 18.5. The molecule has 3 amide bonds. The molecule has 5 heterocycles. The molecule has 7 rings (SSSR count). The van der Waals surface area contributed by atoms with Crippen molar-refractivity contribution in [3.8, 4) is 17.3 Å². The van der Waals surface area contributed by atoms with E-state index in [1.165, 1.54) is 25.4 Å². The lowest BCUT2D eigenvalue weighted by atomic mass is 10.1. The number of carbonyl (C=O) groups is 3. The minimum atomic E-state index is -4.12. The zero-order valence-corrected chi connectivity index (χ0v) is 33.7. The minimum Gasteiger partial charge on any atom is -0.459 e. The molecule has 3 fully saturated rings. The summed E-state index contributed by atoms with van der Waals surface area (Å²) in [6.07, 6.45) is 10.9. The number of amides is 3. The maximum atomic E-state index is 14.3. The molecule has 17 heteroatoms. The first-order chi connectivity index (χ1) is 26.3. The van der Waals surface area contributed by atoms with E-state index in [-0.39, 0.29) is 31.3 Å². The summed E-state index contributed by atoms with van der Waals surface area (Å²) in [5, 5.41) is 5.97. The van der Waals surface area contributed by atoms with Crippen molar-refractivity contribution >= 4 is 55.4 Å². The second kappa shape index (κ2) is 15.8. The molecule has 298 valence electrons. The number of carbonyl (C=O) groups excluding carboxylic acids is 3. The van der Waals surface area contributed by atoms with Crippen molar-refractivity contribution in [1.29, 1.82) is 0 Å². The number of thiazole rings is 1. The summed E-state index contributed by atoms with van der Waals surface area (Å²) in [4.78, 5) is 55.7. The number of ether oxygens (including phenoxy) is 1. The number of para-hydroxylation sites is 1. The summed E-state index contributed by atoms with van der Waals surface area (Å²) in [7, 11) is -1.49. The molecular weight excluding hydrogens is 743 g/mol. The van der Waals surface area contributed by atoms with E-state index in [0.717, 1.165) is 83.3 Å². The normalized spacial score (nSPS) is 27.3. The SMILES string of the molecule is CC(C)n1c(O[C@@H]2C[C@H]3C(=O)N[C@]4(C(=O)NS(=O)(=O)N(C)C)C[C@H]4/C=C\CCCCC[C@H](N)C(=O)N3C2)nc2c(-c3csc(N4CCCCC4)n3)cccc21. The predicted octanol–water partition coefficient (Wildman–Crippen LogP) is 3.72. The van der Waals surface area contributed by atoms with E-state index in [2.05, 4.69) is 20.3 Å². The lowest BCUT2D eigenvalue weighted by Gasteiger charge is -2.28. The number of nitrogens with one attached hydrogen (secondary N) is 2. The van der Waals surface area contributed by atoms with Gasteiger partial charge in [0.2, 0.25) is 11.8 Å². The summed E-state index contributed by atoms with van der Waals surface area (Å²) < 4.78 is 37.1. The minimum absolute atomic E-state index is 0.0310. The largest absolute Gasteiger partial charge is 0.459 e. The first-order valence-corrected chi connectivity index (χ1v) is 21.8. The molecule has 0 unspecified atom stereocenters. The van der Waals surface area contributed by atoms with Gasteiger partial charge in [-0.2, -0.15) is 17.7 Å². The van der Waals surface area contributed by atoms with Gasteiger partial charge in [0.25, 0.3) is 11.9 Å². The second-order valence-electron chi connectivity index (χ2n) is 15.7. The number of fused-ring (bicyclic) bond motifs is 3. The van der Waals surface area contributed by atoms with Crippen LogP contribution >= 0.6 is 11.3 Å². The number of aromatic nitrogens is 3. The van der Waals surface area contributed by atoms with Crippen LogP contribution in [0.5, 0.6) is 6.01 Å². The van der Waals surface area contributed by atoms with Crippen LogP contribution in [0.15, 0.2) is 35.7 Å². The van der Waals surface area contributed by atoms with E-state index < -0.39 is 51.7 Å². The highest BCUT2D eigenvalue weighted by molar-refractivity contribution is 7.87. The number of nitrogens with two attached hydrogens (primary N) is 1.